The fourth-order valence-electron chi connectivity index (χ4n) is 3.96. The monoisotopic (exact) mass is 376 g/mol. The van der Waals surface area contributed by atoms with Crippen LogP contribution in [-0.4, -0.2) is 29.1 Å². The Morgan fingerprint density at radius 2 is 1.93 bits per heavy atom. The second-order valence-corrected chi connectivity index (χ2v) is 7.00. The van der Waals surface area contributed by atoms with Gasteiger partial charge in [0.05, 0.1) is 12.1 Å². The van der Waals surface area contributed by atoms with E-state index in [1.165, 1.54) is 0 Å². The normalized spacial score (nSPS) is 20.7. The average Bonchev–Trinajstić information content (AvgIpc) is 3.25. The molecule has 134 valence electrons. The highest BCUT2D eigenvalue weighted by atomic mass is 32.1. The molecular formula is C20H16N4O2S. The number of hydrogen-bond acceptors (Lipinski definition) is 5. The lowest BCUT2D eigenvalue weighted by atomic mass is 9.97. The van der Waals surface area contributed by atoms with Gasteiger partial charge in [-0.3, -0.25) is 9.69 Å². The van der Waals surface area contributed by atoms with E-state index in [1.807, 2.05) is 47.4 Å². The molecule has 0 fully saturated rings. The molecule has 0 radical (unpaired) electrons. The summed E-state index contributed by atoms with van der Waals surface area (Å²) in [5.41, 5.74) is 4.00. The van der Waals surface area contributed by atoms with Gasteiger partial charge in [-0.05, 0) is 42.5 Å². The third-order valence-electron chi connectivity index (χ3n) is 5.21. The zero-order valence-electron chi connectivity index (χ0n) is 14.5. The average molecular weight is 376 g/mol. The van der Waals surface area contributed by atoms with E-state index < -0.39 is 0 Å². The maximum Gasteiger partial charge on any atom is 0.314 e. The number of carbonyl (C=O) groups is 1. The summed E-state index contributed by atoms with van der Waals surface area (Å²) in [5, 5.41) is 2.70. The summed E-state index contributed by atoms with van der Waals surface area (Å²) >= 11 is 4.90. The molecule has 1 N–H and O–H groups in total. The molecule has 2 aliphatic rings. The lowest BCUT2D eigenvalue weighted by molar-refractivity contribution is -0.115. The molecular weight excluding hydrogens is 360 g/mol. The van der Waals surface area contributed by atoms with Gasteiger partial charge in [0.1, 0.15) is 0 Å². The van der Waals surface area contributed by atoms with Gasteiger partial charge in [0.25, 0.3) is 5.91 Å². The fraction of sp³-hybridized carbons (Fsp3) is 0.150. The first-order valence-corrected chi connectivity index (χ1v) is 9.03. The van der Waals surface area contributed by atoms with Crippen molar-refractivity contribution in [1.29, 1.82) is 0 Å². The molecule has 0 saturated heterocycles. The first-order chi connectivity index (χ1) is 13.1. The number of nitrogens with one attached hydrogen (secondary N) is 1. The van der Waals surface area contributed by atoms with E-state index in [4.69, 9.17) is 16.7 Å². The Hall–Kier alpha value is -3.19. The second kappa shape index (κ2) is 5.92. The van der Waals surface area contributed by atoms with E-state index in [2.05, 4.69) is 34.2 Å². The van der Waals surface area contributed by atoms with Gasteiger partial charge in [0, 0.05) is 35.6 Å². The van der Waals surface area contributed by atoms with Crippen molar-refractivity contribution in [1.82, 2.24) is 10.1 Å². The molecule has 0 bridgehead atoms. The number of anilines is 2. The molecule has 6 nitrogen and oxygen atoms in total. The van der Waals surface area contributed by atoms with Crippen molar-refractivity contribution >= 4 is 29.5 Å². The Labute approximate surface area is 160 Å². The van der Waals surface area contributed by atoms with Gasteiger partial charge in [0.15, 0.2) is 5.82 Å². The molecule has 3 aromatic rings. The third-order valence-corrected chi connectivity index (χ3v) is 5.39. The van der Waals surface area contributed by atoms with Crippen LogP contribution in [0.4, 0.5) is 11.4 Å². The van der Waals surface area contributed by atoms with E-state index in [0.717, 1.165) is 22.5 Å². The Kier molecular flexibility index (Phi) is 3.51. The molecule has 1 aromatic heterocycles. The van der Waals surface area contributed by atoms with Crippen molar-refractivity contribution in [2.75, 3.05) is 16.8 Å². The number of likely N-dealkylation sites (N-methyl/N-ethyl adjacent to an activating group) is 1. The Morgan fingerprint density at radius 1 is 1.15 bits per heavy atom. The van der Waals surface area contributed by atoms with Crippen molar-refractivity contribution < 1.29 is 9.32 Å². The van der Waals surface area contributed by atoms with Crippen LogP contribution in [-0.2, 0) is 4.79 Å². The highest BCUT2D eigenvalue weighted by Crippen LogP contribution is 2.45. The minimum absolute atomic E-state index is 0.0186. The number of para-hydroxylation sites is 1. The molecule has 5 rings (SSSR count). The molecule has 7 heteroatoms. The lowest BCUT2D eigenvalue weighted by Gasteiger charge is -2.36. The number of nitrogens with zero attached hydrogens (tertiary/aromatic N) is 3. The van der Waals surface area contributed by atoms with Gasteiger partial charge in [0.2, 0.25) is 0 Å². The summed E-state index contributed by atoms with van der Waals surface area (Å²) in [6, 6.07) is 16.0. The second-order valence-electron chi connectivity index (χ2n) is 6.65. The van der Waals surface area contributed by atoms with E-state index in [9.17, 15) is 4.79 Å². The largest absolute Gasteiger partial charge is 0.365 e. The summed E-state index contributed by atoms with van der Waals surface area (Å²) < 4.78 is 4.99. The molecule has 27 heavy (non-hydrogen) atoms. The lowest BCUT2D eigenvalue weighted by Crippen LogP contribution is -2.44. The molecule has 1 amide bonds. The minimum atomic E-state index is -0.0487. The van der Waals surface area contributed by atoms with Crippen LogP contribution in [0.25, 0.3) is 11.4 Å². The van der Waals surface area contributed by atoms with E-state index >= 15 is 0 Å². The van der Waals surface area contributed by atoms with Crippen molar-refractivity contribution in [3.8, 4) is 11.4 Å². The molecule has 2 aromatic carbocycles. The van der Waals surface area contributed by atoms with Crippen LogP contribution in [0.2, 0.25) is 0 Å². The number of aromatic amines is 1. The first-order valence-electron chi connectivity index (χ1n) is 8.62. The quantitative estimate of drug-likeness (QED) is 0.688. The molecule has 0 aliphatic carbocycles. The maximum atomic E-state index is 12.8. The predicted molar refractivity (Wildman–Crippen MR) is 105 cm³/mol. The van der Waals surface area contributed by atoms with Crippen molar-refractivity contribution in [2.24, 2.45) is 0 Å². The van der Waals surface area contributed by atoms with E-state index in [-0.39, 0.29) is 22.8 Å². The van der Waals surface area contributed by atoms with Crippen molar-refractivity contribution in [2.45, 2.75) is 12.1 Å². The van der Waals surface area contributed by atoms with E-state index in [0.29, 0.717) is 5.82 Å². The third kappa shape index (κ3) is 2.43. The van der Waals surface area contributed by atoms with Gasteiger partial charge in [-0.15, -0.1) is 0 Å². The molecule has 2 unspecified atom stereocenters. The van der Waals surface area contributed by atoms with Crippen LogP contribution < -0.4 is 9.80 Å². The summed E-state index contributed by atoms with van der Waals surface area (Å²) in [6.45, 7) is 0. The maximum absolute atomic E-state index is 12.8. The SMILES string of the molecule is CN1c2ccccc2C2C1C=CC(=O)N2c1ccc(-c2nc(=S)o[nH]2)cc1. The Morgan fingerprint density at radius 3 is 2.67 bits per heavy atom. The summed E-state index contributed by atoms with van der Waals surface area (Å²) in [7, 11) is 2.07. The van der Waals surface area contributed by atoms with Gasteiger partial charge in [-0.25, -0.2) is 5.16 Å². The van der Waals surface area contributed by atoms with Crippen LogP contribution in [0.5, 0.6) is 0 Å². The molecule has 0 spiro atoms. The molecule has 2 atom stereocenters. The van der Waals surface area contributed by atoms with Crippen molar-refractivity contribution in [3.05, 3.63) is 71.1 Å². The highest BCUT2D eigenvalue weighted by Gasteiger charge is 2.43. The zero-order chi connectivity index (χ0) is 18.5. The van der Waals surface area contributed by atoms with Crippen LogP contribution in [0.15, 0.2) is 65.2 Å². The van der Waals surface area contributed by atoms with Gasteiger partial charge >= 0.3 is 4.84 Å². The van der Waals surface area contributed by atoms with E-state index in [1.54, 1.807) is 6.08 Å². The molecule has 3 heterocycles. The number of amides is 1. The summed E-state index contributed by atoms with van der Waals surface area (Å²) in [5.74, 6) is 0.551. The molecule has 2 aliphatic heterocycles. The zero-order valence-corrected chi connectivity index (χ0v) is 15.3. The number of rotatable bonds is 2. The highest BCUT2D eigenvalue weighted by molar-refractivity contribution is 7.71. The number of benzene rings is 2. The number of fused-ring (bicyclic) bond motifs is 3. The standard InChI is InChI=1S/C20H16N4O2S/c1-23-15-5-3-2-4-14(15)18-16(23)10-11-17(25)24(18)13-8-6-12(7-9-13)19-21-20(27)26-22-19/h2-11,16,18H,1H3,(H,21,22,27). The van der Waals surface area contributed by atoms with Crippen LogP contribution in [0.3, 0.4) is 0 Å². The number of hydrogen-bond donors (Lipinski definition) is 1. The smallest absolute Gasteiger partial charge is 0.314 e. The Balaban J connectivity index is 1.57. The number of aromatic nitrogens is 2. The number of H-pyrrole nitrogens is 1. The van der Waals surface area contributed by atoms with Gasteiger partial charge in [-0.1, -0.05) is 24.3 Å². The minimum Gasteiger partial charge on any atom is -0.365 e. The van der Waals surface area contributed by atoms with Crippen LogP contribution >= 0.6 is 12.2 Å². The predicted octanol–water partition coefficient (Wildman–Crippen LogP) is 3.86. The fourth-order valence-corrected chi connectivity index (χ4v) is 4.09. The number of carbonyl (C=O) groups excluding carboxylic acids is 1. The topological polar surface area (TPSA) is 65.4 Å². The molecule has 0 saturated carbocycles. The van der Waals surface area contributed by atoms with Crippen LogP contribution in [0.1, 0.15) is 11.6 Å². The van der Waals surface area contributed by atoms with Crippen molar-refractivity contribution in [3.63, 3.8) is 0 Å². The first kappa shape index (κ1) is 16.0. The summed E-state index contributed by atoms with van der Waals surface area (Å²) in [6.07, 6.45) is 3.65. The van der Waals surface area contributed by atoms with Crippen LogP contribution in [0, 0.1) is 4.84 Å². The van der Waals surface area contributed by atoms with Gasteiger partial charge < -0.3 is 9.42 Å². The Bertz CT molecular complexity index is 1120. The van der Waals surface area contributed by atoms with Gasteiger partial charge in [-0.2, -0.15) is 4.98 Å². The summed E-state index contributed by atoms with van der Waals surface area (Å²) in [4.78, 5) is 21.2.